The molecule has 0 aliphatic carbocycles. The molecule has 0 atom stereocenters. The van der Waals surface area contributed by atoms with E-state index < -0.39 is 16.9 Å². The Morgan fingerprint density at radius 1 is 0.391 bits per heavy atom. The third kappa shape index (κ3) is 8.49. The van der Waals surface area contributed by atoms with E-state index in [0.29, 0.717) is 0 Å². The number of aryl methyl sites for hydroxylation is 2. The van der Waals surface area contributed by atoms with Gasteiger partial charge in [-0.15, -0.1) is 0 Å². The molecule has 0 radical (unpaired) electrons. The normalized spacial score (nSPS) is 12.1. The summed E-state index contributed by atoms with van der Waals surface area (Å²) in [4.78, 5) is 5.19. The van der Waals surface area contributed by atoms with Crippen LogP contribution in [-0.4, -0.2) is 16.9 Å². The molecule has 0 aliphatic rings. The number of hydrogen-bond donors (Lipinski definition) is 0. The van der Waals surface area contributed by atoms with Crippen LogP contribution < -0.4 is 20.2 Å². The monoisotopic (exact) mass is 930 g/mol. The smallest absolute Gasteiger partial charge is 0.0776 e. The van der Waals surface area contributed by atoms with E-state index in [4.69, 9.17) is 0 Å². The SMILES string of the molecule is Cc1ccc(-c2ccccc2)cc1N(c1cccc([SiH](C)C)c1)c1cc(C(C)C)c2ccc3c(N(c4cccc([Si](C)(C)C)c4)c4cc(-c5ccccc5)ccc4C)cc(C(C)C)c4ccc1c2c43. The molecule has 0 saturated carbocycles. The summed E-state index contributed by atoms with van der Waals surface area (Å²) in [5, 5.41) is 10.8. The molecular formula is C65H66N2Si2. The average molecular weight is 931 g/mol. The van der Waals surface area contributed by atoms with Gasteiger partial charge in [0.25, 0.3) is 0 Å². The summed E-state index contributed by atoms with van der Waals surface area (Å²) in [6.07, 6.45) is 0. The van der Waals surface area contributed by atoms with Gasteiger partial charge in [0, 0.05) is 33.5 Å². The largest absolute Gasteiger partial charge is 0.310 e. The summed E-state index contributed by atoms with van der Waals surface area (Å²) >= 11 is 0. The molecule has 69 heavy (non-hydrogen) atoms. The second-order valence-corrected chi connectivity index (χ2v) is 29.4. The summed E-state index contributed by atoms with van der Waals surface area (Å²) in [6, 6.07) is 69.4. The Hall–Kier alpha value is -6.73. The van der Waals surface area contributed by atoms with Crippen LogP contribution in [0.5, 0.6) is 0 Å². The van der Waals surface area contributed by atoms with E-state index in [0.717, 1.165) is 0 Å². The van der Waals surface area contributed by atoms with Crippen molar-refractivity contribution in [3.8, 4) is 22.3 Å². The molecule has 0 amide bonds. The lowest BCUT2D eigenvalue weighted by Gasteiger charge is -2.33. The van der Waals surface area contributed by atoms with Gasteiger partial charge < -0.3 is 9.80 Å². The van der Waals surface area contributed by atoms with Gasteiger partial charge in [-0.1, -0.05) is 204 Å². The molecule has 4 heteroatoms. The van der Waals surface area contributed by atoms with Crippen LogP contribution in [0.3, 0.4) is 0 Å². The van der Waals surface area contributed by atoms with Crippen molar-refractivity contribution < 1.29 is 0 Å². The lowest BCUT2D eigenvalue weighted by Crippen LogP contribution is -2.37. The number of anilines is 6. The van der Waals surface area contributed by atoms with Crippen LogP contribution in [0.25, 0.3) is 54.6 Å². The Morgan fingerprint density at radius 2 is 0.826 bits per heavy atom. The number of rotatable bonds is 12. The van der Waals surface area contributed by atoms with Crippen molar-refractivity contribution in [3.05, 3.63) is 204 Å². The first-order chi connectivity index (χ1) is 33.2. The lowest BCUT2D eigenvalue weighted by atomic mass is 9.84. The summed E-state index contributed by atoms with van der Waals surface area (Å²) in [6.45, 7) is 26.3. The molecule has 10 aromatic carbocycles. The zero-order chi connectivity index (χ0) is 48.3. The standard InChI is InChI=1S/C65H66N2Si2/c1-42(2)58-40-62(66(50-24-18-26-52(38-50)68(7)8)60-36-48(30-28-44(60)5)46-20-14-12-15-21-46)56-34-32-55-59(43(3)4)41-63(57-35-33-54(58)64(56)65(55)57)67(51-25-19-27-53(39-51)69(9,10)11)61-37-49(31-29-45(61)6)47-22-16-13-17-23-47/h12-43,68H,1-11H3. The molecule has 0 aromatic heterocycles. The van der Waals surface area contributed by atoms with Crippen LogP contribution in [0.2, 0.25) is 32.7 Å². The van der Waals surface area contributed by atoms with Gasteiger partial charge in [0.15, 0.2) is 0 Å². The summed E-state index contributed by atoms with van der Waals surface area (Å²) in [7, 11) is -2.81. The summed E-state index contributed by atoms with van der Waals surface area (Å²) in [5.74, 6) is 0.571. The minimum absolute atomic E-state index is 0.284. The van der Waals surface area contributed by atoms with Crippen molar-refractivity contribution in [2.75, 3.05) is 9.80 Å². The maximum Gasteiger partial charge on any atom is 0.0776 e. The van der Waals surface area contributed by atoms with Crippen molar-refractivity contribution >= 4 is 93.7 Å². The number of nitrogens with zero attached hydrogens (tertiary/aromatic N) is 2. The van der Waals surface area contributed by atoms with E-state index in [2.05, 4.69) is 266 Å². The molecule has 0 fully saturated rings. The van der Waals surface area contributed by atoms with Crippen molar-refractivity contribution in [2.24, 2.45) is 0 Å². The number of benzene rings is 10. The van der Waals surface area contributed by atoms with E-state index in [1.807, 2.05) is 0 Å². The van der Waals surface area contributed by atoms with Crippen molar-refractivity contribution in [3.63, 3.8) is 0 Å². The third-order valence-electron chi connectivity index (χ3n) is 14.5. The molecule has 0 spiro atoms. The van der Waals surface area contributed by atoms with Gasteiger partial charge >= 0.3 is 0 Å². The predicted molar refractivity (Wildman–Crippen MR) is 310 cm³/mol. The van der Waals surface area contributed by atoms with Gasteiger partial charge in [-0.3, -0.25) is 0 Å². The fourth-order valence-electron chi connectivity index (χ4n) is 10.6. The van der Waals surface area contributed by atoms with Gasteiger partial charge in [0.05, 0.1) is 28.2 Å². The van der Waals surface area contributed by atoms with E-state index in [-0.39, 0.29) is 11.8 Å². The number of hydrogen-bond acceptors (Lipinski definition) is 2. The Labute approximate surface area is 413 Å². The Bertz CT molecular complexity index is 3490. The minimum atomic E-state index is -1.68. The maximum atomic E-state index is 2.60. The zero-order valence-corrected chi connectivity index (χ0v) is 44.6. The molecule has 0 unspecified atom stereocenters. The zero-order valence-electron chi connectivity index (χ0n) is 42.4. The van der Waals surface area contributed by atoms with Crippen molar-refractivity contribution in [1.82, 2.24) is 0 Å². The van der Waals surface area contributed by atoms with Crippen molar-refractivity contribution in [2.45, 2.75) is 86.1 Å². The van der Waals surface area contributed by atoms with Gasteiger partial charge in [-0.2, -0.15) is 0 Å². The lowest BCUT2D eigenvalue weighted by molar-refractivity contribution is 0.875. The van der Waals surface area contributed by atoms with Crippen LogP contribution >= 0.6 is 0 Å². The first kappa shape index (κ1) is 46.0. The van der Waals surface area contributed by atoms with E-state index >= 15 is 0 Å². The van der Waals surface area contributed by atoms with Crippen LogP contribution in [0.15, 0.2) is 182 Å². The molecule has 0 bridgehead atoms. The van der Waals surface area contributed by atoms with Crippen LogP contribution in [0, 0.1) is 13.8 Å². The van der Waals surface area contributed by atoms with E-state index in [1.54, 1.807) is 0 Å². The van der Waals surface area contributed by atoms with E-state index in [1.165, 1.54) is 121 Å². The highest BCUT2D eigenvalue weighted by Crippen LogP contribution is 2.52. The fraction of sp³-hybridized carbons (Fsp3) is 0.200. The first-order valence-corrected chi connectivity index (χ1v) is 31.5. The quantitative estimate of drug-likeness (QED) is 0.0890. The van der Waals surface area contributed by atoms with Gasteiger partial charge in [-0.25, -0.2) is 0 Å². The van der Waals surface area contributed by atoms with Crippen molar-refractivity contribution in [1.29, 1.82) is 0 Å². The molecule has 2 nitrogen and oxygen atoms in total. The molecule has 0 saturated heterocycles. The second kappa shape index (κ2) is 18.3. The molecule has 0 N–H and O–H groups in total. The minimum Gasteiger partial charge on any atom is -0.310 e. The molecule has 10 aromatic rings. The second-order valence-electron chi connectivity index (χ2n) is 21.3. The van der Waals surface area contributed by atoms with Gasteiger partial charge in [-0.05, 0) is 140 Å². The summed E-state index contributed by atoms with van der Waals surface area (Å²) in [5.41, 5.74) is 17.3. The Balaban J connectivity index is 1.33. The Kier molecular flexibility index (Phi) is 12.2. The predicted octanol–water partition coefficient (Wildman–Crippen LogP) is 18.0. The first-order valence-electron chi connectivity index (χ1n) is 25.1. The van der Waals surface area contributed by atoms with Crippen LogP contribution in [0.4, 0.5) is 34.1 Å². The van der Waals surface area contributed by atoms with Crippen LogP contribution in [0.1, 0.15) is 61.8 Å². The van der Waals surface area contributed by atoms with Gasteiger partial charge in [0.1, 0.15) is 0 Å². The highest BCUT2D eigenvalue weighted by atomic mass is 28.3. The average Bonchev–Trinajstić information content (AvgIpc) is 3.35. The molecule has 0 aliphatic heterocycles. The third-order valence-corrected chi connectivity index (χ3v) is 18.3. The highest BCUT2D eigenvalue weighted by molar-refractivity contribution is 6.88. The molecule has 344 valence electrons. The summed E-state index contributed by atoms with van der Waals surface area (Å²) < 4.78 is 0. The molecule has 10 rings (SSSR count). The molecular weight excluding hydrogens is 865 g/mol. The molecule has 0 heterocycles. The van der Waals surface area contributed by atoms with Gasteiger partial charge in [0.2, 0.25) is 0 Å². The Morgan fingerprint density at radius 3 is 1.26 bits per heavy atom. The topological polar surface area (TPSA) is 6.48 Å². The van der Waals surface area contributed by atoms with Crippen LogP contribution in [-0.2, 0) is 0 Å². The van der Waals surface area contributed by atoms with E-state index in [9.17, 15) is 0 Å². The highest BCUT2D eigenvalue weighted by Gasteiger charge is 2.28. The maximum absolute atomic E-state index is 2.60. The fourth-order valence-corrected chi connectivity index (χ4v) is 12.8.